The van der Waals surface area contributed by atoms with Crippen LogP contribution in [-0.4, -0.2) is 35.2 Å². The van der Waals surface area contributed by atoms with Crippen LogP contribution < -0.4 is 10.1 Å². The molecule has 1 aliphatic rings. The molecule has 3 rings (SSSR count). The third kappa shape index (κ3) is 3.26. The maximum Gasteiger partial charge on any atom is 0.262 e. The van der Waals surface area contributed by atoms with Gasteiger partial charge in [0.1, 0.15) is 11.7 Å². The molecule has 1 atom stereocenters. The van der Waals surface area contributed by atoms with Gasteiger partial charge in [0.05, 0.1) is 18.9 Å². The number of carbonyl (C=O) groups excluding carboxylic acids is 1. The first kappa shape index (κ1) is 14.9. The molecule has 1 aliphatic heterocycles. The molecule has 22 heavy (non-hydrogen) atoms. The van der Waals surface area contributed by atoms with Crippen LogP contribution in [-0.2, 0) is 4.74 Å². The van der Waals surface area contributed by atoms with E-state index in [1.807, 2.05) is 13.8 Å². The molecule has 1 N–H and O–H groups in total. The van der Waals surface area contributed by atoms with E-state index in [1.165, 1.54) is 11.3 Å². The summed E-state index contributed by atoms with van der Waals surface area (Å²) in [5, 5.41) is 3.38. The number of aromatic nitrogens is 2. The van der Waals surface area contributed by atoms with Crippen molar-refractivity contribution in [2.24, 2.45) is 0 Å². The zero-order chi connectivity index (χ0) is 15.5. The van der Waals surface area contributed by atoms with Gasteiger partial charge in [-0.3, -0.25) is 10.1 Å². The number of thiazole rings is 1. The summed E-state index contributed by atoms with van der Waals surface area (Å²) >= 11 is 1.45. The lowest BCUT2D eigenvalue weighted by Gasteiger charge is -2.13. The van der Waals surface area contributed by atoms with E-state index in [2.05, 4.69) is 15.3 Å². The summed E-state index contributed by atoms with van der Waals surface area (Å²) in [7, 11) is 0. The van der Waals surface area contributed by atoms with Gasteiger partial charge in [0.25, 0.3) is 5.91 Å². The first-order valence-corrected chi connectivity index (χ1v) is 7.90. The Balaban J connectivity index is 1.76. The van der Waals surface area contributed by atoms with E-state index in [4.69, 9.17) is 9.47 Å². The summed E-state index contributed by atoms with van der Waals surface area (Å²) in [6.45, 7) is 5.10. The third-order valence-electron chi connectivity index (χ3n) is 3.43. The third-order valence-corrected chi connectivity index (χ3v) is 4.42. The Morgan fingerprint density at radius 1 is 1.50 bits per heavy atom. The van der Waals surface area contributed by atoms with E-state index in [-0.39, 0.29) is 12.0 Å². The Morgan fingerprint density at radius 2 is 2.36 bits per heavy atom. The van der Waals surface area contributed by atoms with E-state index in [9.17, 15) is 4.79 Å². The molecule has 0 saturated carbocycles. The molecule has 7 heteroatoms. The van der Waals surface area contributed by atoms with Gasteiger partial charge in [0.2, 0.25) is 5.88 Å². The number of amides is 1. The molecule has 2 aromatic rings. The highest BCUT2D eigenvalue weighted by Crippen LogP contribution is 2.24. The van der Waals surface area contributed by atoms with Crippen molar-refractivity contribution in [3.8, 4) is 5.88 Å². The number of anilines is 1. The standard InChI is InChI=1S/C15H17N3O3S/c1-9-10(2)22-15(17-9)18-13(19)12-4-3-6-16-14(12)21-11-5-7-20-8-11/h3-4,6,11H,5,7-8H2,1-2H3,(H,17,18,19)/t11-/m1/s1. The van der Waals surface area contributed by atoms with Crippen LogP contribution in [0, 0.1) is 13.8 Å². The maximum atomic E-state index is 12.4. The first-order chi connectivity index (χ1) is 10.6. The van der Waals surface area contributed by atoms with Gasteiger partial charge < -0.3 is 9.47 Å². The number of aryl methyl sites for hydroxylation is 2. The van der Waals surface area contributed by atoms with Crippen molar-refractivity contribution in [3.05, 3.63) is 34.5 Å². The van der Waals surface area contributed by atoms with Crippen LogP contribution in [0.2, 0.25) is 0 Å². The van der Waals surface area contributed by atoms with Crippen molar-refractivity contribution < 1.29 is 14.3 Å². The van der Waals surface area contributed by atoms with E-state index in [0.29, 0.717) is 29.8 Å². The minimum absolute atomic E-state index is 0.0502. The lowest BCUT2D eigenvalue weighted by Crippen LogP contribution is -2.20. The average molecular weight is 319 g/mol. The Hall–Kier alpha value is -1.99. The zero-order valence-electron chi connectivity index (χ0n) is 12.5. The van der Waals surface area contributed by atoms with E-state index in [0.717, 1.165) is 17.0 Å². The van der Waals surface area contributed by atoms with Gasteiger partial charge in [0, 0.05) is 17.5 Å². The summed E-state index contributed by atoms with van der Waals surface area (Å²) in [6, 6.07) is 3.41. The monoisotopic (exact) mass is 319 g/mol. The second-order valence-corrected chi connectivity index (χ2v) is 6.28. The van der Waals surface area contributed by atoms with Crippen LogP contribution in [0.4, 0.5) is 5.13 Å². The number of ether oxygens (including phenoxy) is 2. The highest BCUT2D eigenvalue weighted by molar-refractivity contribution is 7.15. The average Bonchev–Trinajstić information content (AvgIpc) is 3.10. The van der Waals surface area contributed by atoms with Gasteiger partial charge in [-0.05, 0) is 26.0 Å². The summed E-state index contributed by atoms with van der Waals surface area (Å²) in [5.41, 5.74) is 1.32. The number of rotatable bonds is 4. The number of hydrogen-bond donors (Lipinski definition) is 1. The van der Waals surface area contributed by atoms with Crippen LogP contribution in [0.1, 0.15) is 27.3 Å². The molecule has 6 nitrogen and oxygen atoms in total. The Kier molecular flexibility index (Phi) is 4.35. The molecule has 0 bridgehead atoms. The second-order valence-electron chi connectivity index (χ2n) is 5.07. The Labute approximate surface area is 132 Å². The molecule has 0 radical (unpaired) electrons. The fourth-order valence-corrected chi connectivity index (χ4v) is 2.92. The predicted octanol–water partition coefficient (Wildman–Crippen LogP) is 2.57. The van der Waals surface area contributed by atoms with Gasteiger partial charge in [0.15, 0.2) is 5.13 Å². The van der Waals surface area contributed by atoms with Gasteiger partial charge in [-0.15, -0.1) is 11.3 Å². The Morgan fingerprint density at radius 3 is 3.05 bits per heavy atom. The molecule has 1 amide bonds. The second kappa shape index (κ2) is 6.41. The van der Waals surface area contributed by atoms with Gasteiger partial charge in [-0.25, -0.2) is 9.97 Å². The van der Waals surface area contributed by atoms with Crippen LogP contribution in [0.3, 0.4) is 0 Å². The molecule has 2 aromatic heterocycles. The number of hydrogen-bond acceptors (Lipinski definition) is 6. The molecule has 0 aliphatic carbocycles. The molecule has 116 valence electrons. The molecular weight excluding hydrogens is 302 g/mol. The molecule has 3 heterocycles. The smallest absolute Gasteiger partial charge is 0.262 e. The molecule has 1 saturated heterocycles. The van der Waals surface area contributed by atoms with Crippen LogP contribution >= 0.6 is 11.3 Å². The lowest BCUT2D eigenvalue weighted by molar-refractivity contribution is 0.101. The number of nitrogens with one attached hydrogen (secondary N) is 1. The Bertz CT molecular complexity index is 661. The molecule has 0 aromatic carbocycles. The van der Waals surface area contributed by atoms with Crippen molar-refractivity contribution in [3.63, 3.8) is 0 Å². The van der Waals surface area contributed by atoms with Gasteiger partial charge in [-0.1, -0.05) is 0 Å². The van der Waals surface area contributed by atoms with Crippen LogP contribution in [0.5, 0.6) is 5.88 Å². The summed E-state index contributed by atoms with van der Waals surface area (Å²) in [4.78, 5) is 22.0. The maximum absolute atomic E-state index is 12.4. The van der Waals surface area contributed by atoms with E-state index >= 15 is 0 Å². The quantitative estimate of drug-likeness (QED) is 0.937. The van der Waals surface area contributed by atoms with Crippen LogP contribution in [0.15, 0.2) is 18.3 Å². The van der Waals surface area contributed by atoms with Crippen molar-refractivity contribution in [1.82, 2.24) is 9.97 Å². The minimum atomic E-state index is -0.268. The van der Waals surface area contributed by atoms with Crippen molar-refractivity contribution in [1.29, 1.82) is 0 Å². The summed E-state index contributed by atoms with van der Waals surface area (Å²) < 4.78 is 11.1. The molecule has 0 spiro atoms. The lowest BCUT2D eigenvalue weighted by atomic mass is 10.2. The fourth-order valence-electron chi connectivity index (χ4n) is 2.11. The zero-order valence-corrected chi connectivity index (χ0v) is 13.3. The summed E-state index contributed by atoms with van der Waals surface area (Å²) in [5.74, 6) is 0.0660. The number of carbonyl (C=O) groups is 1. The molecular formula is C15H17N3O3S. The van der Waals surface area contributed by atoms with Crippen molar-refractivity contribution >= 4 is 22.4 Å². The van der Waals surface area contributed by atoms with E-state index < -0.39 is 0 Å². The topological polar surface area (TPSA) is 73.3 Å². The van der Waals surface area contributed by atoms with Crippen molar-refractivity contribution in [2.45, 2.75) is 26.4 Å². The summed E-state index contributed by atoms with van der Waals surface area (Å²) in [6.07, 6.45) is 2.37. The minimum Gasteiger partial charge on any atom is -0.471 e. The number of pyridine rings is 1. The van der Waals surface area contributed by atoms with E-state index in [1.54, 1.807) is 18.3 Å². The molecule has 1 fully saturated rings. The highest BCUT2D eigenvalue weighted by atomic mass is 32.1. The fraction of sp³-hybridized carbons (Fsp3) is 0.400. The van der Waals surface area contributed by atoms with Crippen LogP contribution in [0.25, 0.3) is 0 Å². The van der Waals surface area contributed by atoms with Crippen molar-refractivity contribution in [2.75, 3.05) is 18.5 Å². The SMILES string of the molecule is Cc1nc(NC(=O)c2cccnc2O[C@@H]2CCOC2)sc1C. The van der Waals surface area contributed by atoms with Gasteiger partial charge >= 0.3 is 0 Å². The normalized spacial score (nSPS) is 17.5. The molecule has 0 unspecified atom stereocenters. The first-order valence-electron chi connectivity index (χ1n) is 7.08. The number of nitrogens with zero attached hydrogens (tertiary/aromatic N) is 2. The highest BCUT2D eigenvalue weighted by Gasteiger charge is 2.22. The predicted molar refractivity (Wildman–Crippen MR) is 83.6 cm³/mol. The largest absolute Gasteiger partial charge is 0.471 e. The van der Waals surface area contributed by atoms with Gasteiger partial charge in [-0.2, -0.15) is 0 Å².